The van der Waals surface area contributed by atoms with Crippen LogP contribution < -0.4 is 0 Å². The fraction of sp³-hybridized carbons (Fsp3) is 0.781. The van der Waals surface area contributed by atoms with E-state index in [2.05, 4.69) is 6.92 Å². The molecule has 8 atom stereocenters. The molecule has 4 aliphatic carbocycles. The molecular formula is C32H48O8. The standard InChI is InChI=1S/C32H48O8/c1-7-9-11-13-23(33)39-18-21-15-22-25-29(5,6)31(25,40-24(34)14-12-10-8-2)17-20(4)30(28(22)37)16-19(3)26(35)32(30,38)27(21)36/h15-16,20,22,25-27,35-36,38H,7-14,17-18H2,1-6H3/t20?,22-,25+,26-,27+,30?,31-,32+/m0/s1. The maximum Gasteiger partial charge on any atom is 0.306 e. The molecule has 224 valence electrons. The zero-order chi connectivity index (χ0) is 29.7. The topological polar surface area (TPSA) is 130 Å². The summed E-state index contributed by atoms with van der Waals surface area (Å²) in [6.07, 6.45) is 6.14. The predicted octanol–water partition coefficient (Wildman–Crippen LogP) is 4.19. The van der Waals surface area contributed by atoms with Crippen LogP contribution in [-0.4, -0.2) is 63.1 Å². The number of aliphatic hydroxyl groups excluding tert-OH is 2. The minimum Gasteiger partial charge on any atom is -0.461 e. The molecule has 0 aromatic heterocycles. The van der Waals surface area contributed by atoms with E-state index in [1.165, 1.54) is 0 Å². The van der Waals surface area contributed by atoms with E-state index in [1.807, 2.05) is 27.7 Å². The van der Waals surface area contributed by atoms with Crippen molar-refractivity contribution < 1.29 is 39.2 Å². The van der Waals surface area contributed by atoms with Crippen LogP contribution in [0.2, 0.25) is 0 Å². The van der Waals surface area contributed by atoms with Crippen molar-refractivity contribution in [3.63, 3.8) is 0 Å². The Bertz CT molecular complexity index is 1090. The highest BCUT2D eigenvalue weighted by molar-refractivity contribution is 5.96. The third-order valence-electron chi connectivity index (χ3n) is 10.5. The van der Waals surface area contributed by atoms with E-state index in [9.17, 15) is 29.7 Å². The summed E-state index contributed by atoms with van der Waals surface area (Å²) in [4.78, 5) is 40.1. The Balaban J connectivity index is 1.76. The number of hydrogen-bond donors (Lipinski definition) is 3. The highest BCUT2D eigenvalue weighted by Gasteiger charge is 2.83. The Labute approximate surface area is 238 Å². The van der Waals surface area contributed by atoms with Crippen molar-refractivity contribution in [1.29, 1.82) is 0 Å². The maximum atomic E-state index is 14.6. The minimum absolute atomic E-state index is 0.189. The van der Waals surface area contributed by atoms with Gasteiger partial charge in [0.25, 0.3) is 0 Å². The number of carbonyl (C=O) groups excluding carboxylic acids is 3. The average Bonchev–Trinajstić information content (AvgIpc) is 3.31. The summed E-state index contributed by atoms with van der Waals surface area (Å²) in [6.45, 7) is 11.3. The molecule has 0 aliphatic heterocycles. The molecule has 0 saturated heterocycles. The van der Waals surface area contributed by atoms with E-state index < -0.39 is 52.0 Å². The molecule has 0 radical (unpaired) electrons. The highest BCUT2D eigenvalue weighted by atomic mass is 16.6. The van der Waals surface area contributed by atoms with Crippen molar-refractivity contribution in [1.82, 2.24) is 0 Å². The number of carbonyl (C=O) groups is 3. The summed E-state index contributed by atoms with van der Waals surface area (Å²) in [5.41, 5.74) is -4.74. The van der Waals surface area contributed by atoms with Gasteiger partial charge in [0.1, 0.15) is 30.0 Å². The molecule has 4 rings (SSSR count). The van der Waals surface area contributed by atoms with Crippen molar-refractivity contribution in [2.75, 3.05) is 6.61 Å². The van der Waals surface area contributed by atoms with Gasteiger partial charge in [-0.2, -0.15) is 0 Å². The van der Waals surface area contributed by atoms with Crippen LogP contribution in [-0.2, 0) is 23.9 Å². The maximum absolute atomic E-state index is 14.6. The van der Waals surface area contributed by atoms with Gasteiger partial charge in [-0.3, -0.25) is 14.4 Å². The van der Waals surface area contributed by atoms with E-state index >= 15 is 0 Å². The number of unbranched alkanes of at least 4 members (excludes halogenated alkanes) is 4. The molecule has 8 heteroatoms. The van der Waals surface area contributed by atoms with E-state index in [-0.39, 0.29) is 36.3 Å². The van der Waals surface area contributed by atoms with Crippen LogP contribution in [0.25, 0.3) is 0 Å². The Morgan fingerprint density at radius 1 is 1.00 bits per heavy atom. The van der Waals surface area contributed by atoms with Crippen LogP contribution in [0.3, 0.4) is 0 Å². The highest BCUT2D eigenvalue weighted by Crippen LogP contribution is 2.75. The molecule has 8 nitrogen and oxygen atoms in total. The molecule has 1 spiro atoms. The van der Waals surface area contributed by atoms with Gasteiger partial charge in [-0.15, -0.1) is 0 Å². The van der Waals surface area contributed by atoms with Gasteiger partial charge in [-0.05, 0) is 43.3 Å². The number of Topliss-reactive ketones (excluding diaryl/α,β-unsaturated/α-hetero) is 1. The van der Waals surface area contributed by atoms with E-state index in [1.54, 1.807) is 19.1 Å². The lowest BCUT2D eigenvalue weighted by atomic mass is 9.59. The molecule has 2 bridgehead atoms. The number of ether oxygens (including phenoxy) is 2. The van der Waals surface area contributed by atoms with Crippen LogP contribution >= 0.6 is 0 Å². The minimum atomic E-state index is -2.25. The smallest absolute Gasteiger partial charge is 0.306 e. The van der Waals surface area contributed by atoms with Gasteiger partial charge in [0.05, 0.1) is 5.41 Å². The van der Waals surface area contributed by atoms with Crippen molar-refractivity contribution in [3.05, 3.63) is 23.3 Å². The summed E-state index contributed by atoms with van der Waals surface area (Å²) in [5.74, 6) is -2.78. The summed E-state index contributed by atoms with van der Waals surface area (Å²) in [6, 6.07) is 0. The van der Waals surface area contributed by atoms with Crippen LogP contribution in [0.1, 0.15) is 99.3 Å². The van der Waals surface area contributed by atoms with Crippen molar-refractivity contribution >= 4 is 17.7 Å². The zero-order valence-corrected chi connectivity index (χ0v) is 25.0. The zero-order valence-electron chi connectivity index (χ0n) is 25.0. The second-order valence-electron chi connectivity index (χ2n) is 13.3. The normalized spacial score (nSPS) is 39.2. The van der Waals surface area contributed by atoms with Gasteiger partial charge >= 0.3 is 11.9 Å². The van der Waals surface area contributed by atoms with E-state index in [0.717, 1.165) is 32.1 Å². The Kier molecular flexibility index (Phi) is 8.50. The SMILES string of the molecule is CCCCCC(=O)OCC1=C[C@@H]2C(=O)C3(C=C(C)[C@H](O)[C@@]3(O)[C@@H]1O)C(C)C[C@]1(OC(=O)CCCCC)[C@H]2C1(C)C. The Morgan fingerprint density at radius 2 is 1.60 bits per heavy atom. The molecular weight excluding hydrogens is 512 g/mol. The number of esters is 2. The Morgan fingerprint density at radius 3 is 2.20 bits per heavy atom. The molecule has 4 aliphatic rings. The first-order chi connectivity index (χ1) is 18.8. The molecule has 0 aromatic rings. The van der Waals surface area contributed by atoms with Crippen LogP contribution in [0, 0.1) is 28.6 Å². The third-order valence-corrected chi connectivity index (χ3v) is 10.5. The van der Waals surface area contributed by atoms with Crippen LogP contribution in [0.4, 0.5) is 0 Å². The molecule has 2 unspecified atom stereocenters. The van der Waals surface area contributed by atoms with Crippen molar-refractivity contribution in [2.24, 2.45) is 28.6 Å². The van der Waals surface area contributed by atoms with Crippen molar-refractivity contribution in [2.45, 2.75) is 123 Å². The van der Waals surface area contributed by atoms with Crippen LogP contribution in [0.5, 0.6) is 0 Å². The number of allylic oxidation sites excluding steroid dienone is 1. The predicted molar refractivity (Wildman–Crippen MR) is 149 cm³/mol. The third kappa shape index (κ3) is 4.40. The second kappa shape index (κ2) is 11.0. The first kappa shape index (κ1) is 30.9. The first-order valence-electron chi connectivity index (χ1n) is 15.2. The number of ketones is 1. The lowest BCUT2D eigenvalue weighted by Gasteiger charge is -2.48. The van der Waals surface area contributed by atoms with Gasteiger partial charge in [-0.1, -0.05) is 72.5 Å². The fourth-order valence-electron chi connectivity index (χ4n) is 8.25. The van der Waals surface area contributed by atoms with Gasteiger partial charge in [0, 0.05) is 30.1 Å². The number of hydrogen-bond acceptors (Lipinski definition) is 8. The summed E-state index contributed by atoms with van der Waals surface area (Å²) >= 11 is 0. The Hall–Kier alpha value is -2.03. The molecule has 0 amide bonds. The first-order valence-corrected chi connectivity index (χ1v) is 15.2. The molecule has 3 N–H and O–H groups in total. The quantitative estimate of drug-likeness (QED) is 0.195. The summed E-state index contributed by atoms with van der Waals surface area (Å²) in [5, 5.41) is 35.2. The lowest BCUT2D eigenvalue weighted by molar-refractivity contribution is -0.192. The molecule has 2 saturated carbocycles. The summed E-state index contributed by atoms with van der Waals surface area (Å²) < 4.78 is 11.8. The van der Waals surface area contributed by atoms with Crippen LogP contribution in [0.15, 0.2) is 23.3 Å². The lowest BCUT2D eigenvalue weighted by Crippen LogP contribution is -2.65. The van der Waals surface area contributed by atoms with Gasteiger partial charge in [-0.25, -0.2) is 0 Å². The van der Waals surface area contributed by atoms with Crippen molar-refractivity contribution in [3.8, 4) is 0 Å². The average molecular weight is 561 g/mol. The summed E-state index contributed by atoms with van der Waals surface area (Å²) in [7, 11) is 0. The number of fused-ring (bicyclic) bond motifs is 3. The monoisotopic (exact) mass is 560 g/mol. The molecule has 2 fully saturated rings. The molecule has 0 heterocycles. The molecule has 40 heavy (non-hydrogen) atoms. The van der Waals surface area contributed by atoms with E-state index in [0.29, 0.717) is 24.8 Å². The fourth-order valence-corrected chi connectivity index (χ4v) is 8.25. The van der Waals surface area contributed by atoms with Gasteiger partial charge in [0.2, 0.25) is 0 Å². The second-order valence-corrected chi connectivity index (χ2v) is 13.3. The van der Waals surface area contributed by atoms with Gasteiger partial charge in [0.15, 0.2) is 5.78 Å². The van der Waals surface area contributed by atoms with E-state index in [4.69, 9.17) is 9.47 Å². The van der Waals surface area contributed by atoms with Gasteiger partial charge < -0.3 is 24.8 Å². The number of aliphatic hydroxyl groups is 3. The molecule has 0 aromatic carbocycles. The largest absolute Gasteiger partial charge is 0.461 e. The number of rotatable bonds is 11.